The standard InChI is InChI=1S/C11H20N2O5S/c1-4-11(3,8(14)15)13-9(16)12-10(2)5-6-19(17,18)7-10/h4-7H2,1-3H3,(H,14,15)(H2,12,13,16). The molecule has 1 aliphatic heterocycles. The molecule has 3 N–H and O–H groups in total. The molecule has 0 aliphatic carbocycles. The van der Waals surface area contributed by atoms with Crippen LogP contribution in [0.1, 0.15) is 33.6 Å². The fraction of sp³-hybridized carbons (Fsp3) is 0.818. The summed E-state index contributed by atoms with van der Waals surface area (Å²) in [7, 11) is -3.12. The molecule has 1 fully saturated rings. The molecular formula is C11H20N2O5S. The van der Waals surface area contributed by atoms with E-state index >= 15 is 0 Å². The zero-order valence-electron chi connectivity index (χ0n) is 11.3. The molecule has 0 aromatic rings. The molecule has 1 heterocycles. The van der Waals surface area contributed by atoms with Crippen molar-refractivity contribution in [2.75, 3.05) is 11.5 Å². The molecule has 1 saturated heterocycles. The minimum absolute atomic E-state index is 0.0355. The molecule has 0 aromatic heterocycles. The third-order valence-electron chi connectivity index (χ3n) is 3.49. The van der Waals surface area contributed by atoms with Crippen LogP contribution in [0.5, 0.6) is 0 Å². The summed E-state index contributed by atoms with van der Waals surface area (Å²) in [5, 5.41) is 14.0. The van der Waals surface area contributed by atoms with Gasteiger partial charge in [-0.25, -0.2) is 18.0 Å². The van der Waals surface area contributed by atoms with E-state index in [0.29, 0.717) is 6.42 Å². The highest BCUT2D eigenvalue weighted by Gasteiger charge is 2.41. The fourth-order valence-corrected chi connectivity index (χ4v) is 4.05. The molecule has 0 spiro atoms. The first-order chi connectivity index (χ1) is 8.52. The van der Waals surface area contributed by atoms with Gasteiger partial charge in [0, 0.05) is 0 Å². The first kappa shape index (κ1) is 15.7. The summed E-state index contributed by atoms with van der Waals surface area (Å²) < 4.78 is 22.8. The first-order valence-corrected chi connectivity index (χ1v) is 7.88. The van der Waals surface area contributed by atoms with E-state index in [-0.39, 0.29) is 17.9 Å². The Hall–Kier alpha value is -1.31. The zero-order valence-corrected chi connectivity index (χ0v) is 12.1. The Balaban J connectivity index is 2.69. The number of hydrogen-bond donors (Lipinski definition) is 3. The third kappa shape index (κ3) is 3.82. The summed E-state index contributed by atoms with van der Waals surface area (Å²) in [5.74, 6) is -1.22. The lowest BCUT2D eigenvalue weighted by molar-refractivity contribution is -0.143. The van der Waals surface area contributed by atoms with Gasteiger partial charge in [-0.3, -0.25) is 0 Å². The molecule has 0 saturated carbocycles. The van der Waals surface area contributed by atoms with E-state index in [1.165, 1.54) is 6.92 Å². The smallest absolute Gasteiger partial charge is 0.329 e. The van der Waals surface area contributed by atoms with Crippen molar-refractivity contribution in [2.24, 2.45) is 0 Å². The SMILES string of the molecule is CCC(C)(NC(=O)NC1(C)CCS(=O)(=O)C1)C(=O)O. The van der Waals surface area contributed by atoms with Crippen molar-refractivity contribution in [3.63, 3.8) is 0 Å². The van der Waals surface area contributed by atoms with Crippen LogP contribution in [0.2, 0.25) is 0 Å². The quantitative estimate of drug-likeness (QED) is 0.681. The number of carboxylic acids is 1. The predicted octanol–water partition coefficient (Wildman–Crippen LogP) is 0.116. The lowest BCUT2D eigenvalue weighted by Gasteiger charge is -2.29. The molecule has 0 radical (unpaired) electrons. The van der Waals surface area contributed by atoms with Gasteiger partial charge in [-0.1, -0.05) is 6.92 Å². The van der Waals surface area contributed by atoms with Crippen LogP contribution in [0, 0.1) is 0 Å². The van der Waals surface area contributed by atoms with E-state index in [1.807, 2.05) is 0 Å². The number of carbonyl (C=O) groups excluding carboxylic acids is 1. The second-order valence-electron chi connectivity index (χ2n) is 5.47. The van der Waals surface area contributed by atoms with E-state index < -0.39 is 32.9 Å². The van der Waals surface area contributed by atoms with Crippen molar-refractivity contribution in [2.45, 2.75) is 44.7 Å². The van der Waals surface area contributed by atoms with Crippen LogP contribution in [0.4, 0.5) is 4.79 Å². The van der Waals surface area contributed by atoms with Gasteiger partial charge in [-0.15, -0.1) is 0 Å². The Bertz CT molecular complexity index is 489. The third-order valence-corrected chi connectivity index (χ3v) is 5.39. The number of nitrogens with one attached hydrogen (secondary N) is 2. The number of sulfone groups is 1. The maximum atomic E-state index is 11.8. The highest BCUT2D eigenvalue weighted by Crippen LogP contribution is 2.22. The van der Waals surface area contributed by atoms with Gasteiger partial charge in [-0.2, -0.15) is 0 Å². The summed E-state index contributed by atoms with van der Waals surface area (Å²) in [6.45, 7) is 4.69. The Kier molecular flexibility index (Phi) is 4.14. The number of hydrogen-bond acceptors (Lipinski definition) is 4. The van der Waals surface area contributed by atoms with Crippen molar-refractivity contribution >= 4 is 21.8 Å². The predicted molar refractivity (Wildman–Crippen MR) is 69.7 cm³/mol. The molecule has 2 atom stereocenters. The number of carboxylic acid groups (broad SMARTS) is 1. The van der Waals surface area contributed by atoms with Gasteiger partial charge in [0.25, 0.3) is 0 Å². The van der Waals surface area contributed by atoms with Gasteiger partial charge in [-0.05, 0) is 26.7 Å². The molecule has 0 aromatic carbocycles. The maximum Gasteiger partial charge on any atom is 0.329 e. The Labute approximate surface area is 112 Å². The van der Waals surface area contributed by atoms with E-state index in [0.717, 1.165) is 0 Å². The van der Waals surface area contributed by atoms with Gasteiger partial charge in [0.15, 0.2) is 9.84 Å². The van der Waals surface area contributed by atoms with Crippen molar-refractivity contribution in [1.82, 2.24) is 10.6 Å². The fourth-order valence-electron chi connectivity index (χ4n) is 1.96. The maximum absolute atomic E-state index is 11.8. The Morgan fingerprint density at radius 2 is 2.00 bits per heavy atom. The summed E-state index contributed by atoms with van der Waals surface area (Å²) in [4.78, 5) is 22.9. The average molecular weight is 292 g/mol. The minimum Gasteiger partial charge on any atom is -0.480 e. The van der Waals surface area contributed by atoms with E-state index in [4.69, 9.17) is 5.11 Å². The lowest BCUT2D eigenvalue weighted by atomic mass is 9.99. The van der Waals surface area contributed by atoms with E-state index in [9.17, 15) is 18.0 Å². The Morgan fingerprint density at radius 1 is 1.42 bits per heavy atom. The highest BCUT2D eigenvalue weighted by atomic mass is 32.2. The average Bonchev–Trinajstić information content (AvgIpc) is 2.51. The normalized spacial score (nSPS) is 28.4. The number of carbonyl (C=O) groups is 2. The second kappa shape index (κ2) is 4.99. The van der Waals surface area contributed by atoms with Crippen LogP contribution in [0.15, 0.2) is 0 Å². The van der Waals surface area contributed by atoms with Gasteiger partial charge in [0.05, 0.1) is 17.0 Å². The minimum atomic E-state index is -3.12. The monoisotopic (exact) mass is 292 g/mol. The van der Waals surface area contributed by atoms with E-state index in [2.05, 4.69) is 10.6 Å². The number of urea groups is 1. The van der Waals surface area contributed by atoms with Crippen molar-refractivity contribution in [3.8, 4) is 0 Å². The second-order valence-corrected chi connectivity index (χ2v) is 7.66. The van der Waals surface area contributed by atoms with Crippen LogP contribution in [0.25, 0.3) is 0 Å². The van der Waals surface area contributed by atoms with Crippen LogP contribution in [0.3, 0.4) is 0 Å². The first-order valence-electron chi connectivity index (χ1n) is 6.06. The van der Waals surface area contributed by atoms with Crippen molar-refractivity contribution in [3.05, 3.63) is 0 Å². The van der Waals surface area contributed by atoms with Crippen molar-refractivity contribution < 1.29 is 23.1 Å². The number of amides is 2. The molecule has 8 heteroatoms. The van der Waals surface area contributed by atoms with Crippen LogP contribution in [-0.4, -0.2) is 48.1 Å². The highest BCUT2D eigenvalue weighted by molar-refractivity contribution is 7.91. The summed E-state index contributed by atoms with van der Waals surface area (Å²) >= 11 is 0. The van der Waals surface area contributed by atoms with Crippen LogP contribution < -0.4 is 10.6 Å². The molecule has 0 bridgehead atoms. The van der Waals surface area contributed by atoms with Crippen molar-refractivity contribution in [1.29, 1.82) is 0 Å². The summed E-state index contributed by atoms with van der Waals surface area (Å²) in [5.41, 5.74) is -2.20. The summed E-state index contributed by atoms with van der Waals surface area (Å²) in [6, 6.07) is -0.661. The van der Waals surface area contributed by atoms with E-state index in [1.54, 1.807) is 13.8 Å². The molecule has 2 amide bonds. The van der Waals surface area contributed by atoms with Gasteiger partial charge >= 0.3 is 12.0 Å². The molecular weight excluding hydrogens is 272 g/mol. The summed E-state index contributed by atoms with van der Waals surface area (Å²) in [6.07, 6.45) is 0.559. The van der Waals surface area contributed by atoms with Crippen LogP contribution >= 0.6 is 0 Å². The molecule has 19 heavy (non-hydrogen) atoms. The number of rotatable bonds is 4. The number of aliphatic carboxylic acids is 1. The zero-order chi connectivity index (χ0) is 14.9. The molecule has 110 valence electrons. The molecule has 2 unspecified atom stereocenters. The largest absolute Gasteiger partial charge is 0.480 e. The van der Waals surface area contributed by atoms with Gasteiger partial charge < -0.3 is 15.7 Å². The Morgan fingerprint density at radius 3 is 2.37 bits per heavy atom. The topological polar surface area (TPSA) is 113 Å². The lowest BCUT2D eigenvalue weighted by Crippen LogP contribution is -2.59. The van der Waals surface area contributed by atoms with Crippen LogP contribution in [-0.2, 0) is 14.6 Å². The molecule has 1 rings (SSSR count). The van der Waals surface area contributed by atoms with Gasteiger partial charge in [0.2, 0.25) is 0 Å². The molecule has 7 nitrogen and oxygen atoms in total. The van der Waals surface area contributed by atoms with Gasteiger partial charge in [0.1, 0.15) is 5.54 Å². The molecule has 1 aliphatic rings.